The van der Waals surface area contributed by atoms with Crippen LogP contribution in [0.3, 0.4) is 0 Å². The van der Waals surface area contributed by atoms with Crippen LogP contribution < -0.4 is 5.43 Å². The lowest BCUT2D eigenvalue weighted by molar-refractivity contribution is -0.385. The molecule has 0 saturated carbocycles. The molecule has 9 nitrogen and oxygen atoms in total. The molecule has 2 aromatic carbocycles. The number of hydrogen-bond donors (Lipinski definition) is 1. The largest absolute Gasteiger partial charge is 0.379 e. The Labute approximate surface area is 177 Å². The number of halogens is 2. The predicted molar refractivity (Wildman–Crippen MR) is 110 cm³/mol. The predicted octanol–water partition coefficient (Wildman–Crippen LogP) is 3.37. The molecule has 0 spiro atoms. The molecule has 3 rings (SSSR count). The van der Waals surface area contributed by atoms with Crippen LogP contribution in [0.5, 0.6) is 0 Å². The van der Waals surface area contributed by atoms with Crippen LogP contribution in [-0.2, 0) is 14.8 Å². The van der Waals surface area contributed by atoms with Crippen molar-refractivity contribution < 1.29 is 18.1 Å². The van der Waals surface area contributed by atoms with Crippen molar-refractivity contribution in [3.8, 4) is 0 Å². The highest BCUT2D eigenvalue weighted by atomic mass is 35.5. The van der Waals surface area contributed by atoms with Crippen molar-refractivity contribution in [3.05, 3.63) is 62.1 Å². The first-order chi connectivity index (χ1) is 13.8. The summed E-state index contributed by atoms with van der Waals surface area (Å²) in [5.74, 6) is 0. The molecule has 0 radical (unpaired) electrons. The summed E-state index contributed by atoms with van der Waals surface area (Å²) in [4.78, 5) is 10.2. The zero-order chi connectivity index (χ0) is 21.0. The fraction of sp³-hybridized carbons (Fsp3) is 0.235. The van der Waals surface area contributed by atoms with Gasteiger partial charge in [0.05, 0.1) is 35.1 Å². The Balaban J connectivity index is 1.93. The van der Waals surface area contributed by atoms with Crippen molar-refractivity contribution in [2.45, 2.75) is 4.90 Å². The van der Waals surface area contributed by atoms with E-state index in [0.717, 1.165) is 6.07 Å². The molecule has 1 saturated heterocycles. The van der Waals surface area contributed by atoms with E-state index in [1.807, 2.05) is 0 Å². The number of nitrogens with one attached hydrogen (secondary N) is 1. The van der Waals surface area contributed by atoms with E-state index in [-0.39, 0.29) is 42.6 Å². The first-order valence-electron chi connectivity index (χ1n) is 8.39. The van der Waals surface area contributed by atoms with Gasteiger partial charge in [-0.3, -0.25) is 15.5 Å². The zero-order valence-corrected chi connectivity index (χ0v) is 17.2. The standard InChI is InChI=1S/C17H16Cl2N4O5S/c18-13-2-1-12(15(19)9-13)11-20-21-16-4-3-14(23(24)25)10-17(16)29(26,27)22-5-7-28-8-6-22/h1-4,9-11,21H,5-8H2/b20-11+. The molecule has 0 atom stereocenters. The van der Waals surface area contributed by atoms with Crippen molar-refractivity contribution in [2.75, 3.05) is 31.7 Å². The third-order valence-corrected chi connectivity index (χ3v) is 6.62. The summed E-state index contributed by atoms with van der Waals surface area (Å²) in [6, 6.07) is 8.34. The number of sulfonamides is 1. The van der Waals surface area contributed by atoms with Crippen LogP contribution in [0, 0.1) is 10.1 Å². The third-order valence-electron chi connectivity index (χ3n) is 4.12. The van der Waals surface area contributed by atoms with Crippen molar-refractivity contribution >= 4 is 50.8 Å². The highest BCUT2D eigenvalue weighted by Crippen LogP contribution is 2.29. The number of nitro groups is 1. The molecule has 1 N–H and O–H groups in total. The molecule has 1 fully saturated rings. The Hall–Kier alpha value is -2.24. The molecule has 0 aromatic heterocycles. The molecular formula is C17H16Cl2N4O5S. The Morgan fingerprint density at radius 2 is 1.90 bits per heavy atom. The first-order valence-corrected chi connectivity index (χ1v) is 10.6. The molecule has 29 heavy (non-hydrogen) atoms. The van der Waals surface area contributed by atoms with Crippen LogP contribution in [0.2, 0.25) is 10.0 Å². The van der Waals surface area contributed by atoms with E-state index in [1.54, 1.807) is 18.2 Å². The number of nitrogens with zero attached hydrogens (tertiary/aromatic N) is 3. The van der Waals surface area contributed by atoms with Gasteiger partial charge in [0.2, 0.25) is 10.0 Å². The van der Waals surface area contributed by atoms with Gasteiger partial charge in [0, 0.05) is 35.8 Å². The van der Waals surface area contributed by atoms with E-state index in [0.29, 0.717) is 15.6 Å². The van der Waals surface area contributed by atoms with Gasteiger partial charge >= 0.3 is 0 Å². The van der Waals surface area contributed by atoms with Crippen molar-refractivity contribution in [1.82, 2.24) is 4.31 Å². The SMILES string of the molecule is O=[N+]([O-])c1ccc(N/N=C/c2ccc(Cl)cc2Cl)c(S(=O)(=O)N2CCOCC2)c1. The number of morpholine rings is 1. The molecule has 154 valence electrons. The summed E-state index contributed by atoms with van der Waals surface area (Å²) in [7, 11) is -3.99. The summed E-state index contributed by atoms with van der Waals surface area (Å²) in [6.07, 6.45) is 1.39. The maximum atomic E-state index is 13.0. The number of nitro benzene ring substituents is 1. The van der Waals surface area contributed by atoms with Crippen molar-refractivity contribution in [2.24, 2.45) is 5.10 Å². The summed E-state index contributed by atoms with van der Waals surface area (Å²) in [5, 5.41) is 16.0. The highest BCUT2D eigenvalue weighted by molar-refractivity contribution is 7.89. The maximum absolute atomic E-state index is 13.0. The molecule has 0 aliphatic carbocycles. The van der Waals surface area contributed by atoms with Gasteiger partial charge < -0.3 is 4.74 Å². The monoisotopic (exact) mass is 458 g/mol. The normalized spacial score (nSPS) is 15.5. The summed E-state index contributed by atoms with van der Waals surface area (Å²) in [5.41, 5.74) is 2.95. The Morgan fingerprint density at radius 3 is 2.55 bits per heavy atom. The first kappa shape index (κ1) is 21.5. The van der Waals surface area contributed by atoms with Gasteiger partial charge in [-0.1, -0.05) is 29.3 Å². The molecule has 0 bridgehead atoms. The lowest BCUT2D eigenvalue weighted by Gasteiger charge is -2.26. The second-order valence-corrected chi connectivity index (χ2v) is 8.74. The minimum absolute atomic E-state index is 0.100. The lowest BCUT2D eigenvalue weighted by atomic mass is 10.2. The molecule has 2 aromatic rings. The van der Waals surface area contributed by atoms with Crippen molar-refractivity contribution in [1.29, 1.82) is 0 Å². The van der Waals surface area contributed by atoms with Crippen LogP contribution in [0.25, 0.3) is 0 Å². The quantitative estimate of drug-likeness (QED) is 0.403. The van der Waals surface area contributed by atoms with Gasteiger partial charge in [-0.05, 0) is 18.2 Å². The second-order valence-electron chi connectivity index (χ2n) is 5.99. The Kier molecular flexibility index (Phi) is 6.70. The van der Waals surface area contributed by atoms with E-state index in [2.05, 4.69) is 10.5 Å². The maximum Gasteiger partial charge on any atom is 0.270 e. The van der Waals surface area contributed by atoms with E-state index in [1.165, 1.54) is 22.7 Å². The molecule has 1 aliphatic heterocycles. The molecule has 0 unspecified atom stereocenters. The number of rotatable bonds is 6. The molecule has 0 amide bonds. The van der Waals surface area contributed by atoms with Crippen LogP contribution in [-0.4, -0.2) is 50.2 Å². The average Bonchev–Trinajstić information content (AvgIpc) is 2.70. The topological polar surface area (TPSA) is 114 Å². The fourth-order valence-electron chi connectivity index (χ4n) is 2.63. The van der Waals surface area contributed by atoms with Gasteiger partial charge in [-0.15, -0.1) is 0 Å². The molecule has 1 heterocycles. The Morgan fingerprint density at radius 1 is 1.17 bits per heavy atom. The third kappa shape index (κ3) is 5.03. The van der Waals surface area contributed by atoms with Crippen molar-refractivity contribution in [3.63, 3.8) is 0 Å². The van der Waals surface area contributed by atoms with Crippen LogP contribution in [0.1, 0.15) is 5.56 Å². The van der Waals surface area contributed by atoms with E-state index < -0.39 is 14.9 Å². The van der Waals surface area contributed by atoms with Gasteiger partial charge in [0.1, 0.15) is 4.90 Å². The smallest absolute Gasteiger partial charge is 0.270 e. The summed E-state index contributed by atoms with van der Waals surface area (Å²) in [6.45, 7) is 0.830. The average molecular weight is 459 g/mol. The molecule has 1 aliphatic rings. The zero-order valence-electron chi connectivity index (χ0n) is 14.9. The van der Waals surface area contributed by atoms with E-state index >= 15 is 0 Å². The van der Waals surface area contributed by atoms with E-state index in [4.69, 9.17) is 27.9 Å². The van der Waals surface area contributed by atoms with E-state index in [9.17, 15) is 18.5 Å². The van der Waals surface area contributed by atoms with Gasteiger partial charge in [-0.2, -0.15) is 9.41 Å². The van der Waals surface area contributed by atoms with Gasteiger partial charge in [-0.25, -0.2) is 8.42 Å². The number of hydrogen-bond acceptors (Lipinski definition) is 7. The summed E-state index contributed by atoms with van der Waals surface area (Å²) < 4.78 is 32.5. The number of non-ortho nitro benzene ring substituents is 1. The minimum atomic E-state index is -3.99. The van der Waals surface area contributed by atoms with Gasteiger partial charge in [0.25, 0.3) is 5.69 Å². The number of hydrazone groups is 1. The van der Waals surface area contributed by atoms with Crippen LogP contribution in [0.15, 0.2) is 46.4 Å². The second kappa shape index (κ2) is 9.06. The van der Waals surface area contributed by atoms with Crippen LogP contribution >= 0.6 is 23.2 Å². The Bertz CT molecular complexity index is 1060. The lowest BCUT2D eigenvalue weighted by Crippen LogP contribution is -2.40. The molecular weight excluding hydrogens is 443 g/mol. The number of ether oxygens (including phenoxy) is 1. The number of anilines is 1. The fourth-order valence-corrected chi connectivity index (χ4v) is 4.66. The number of benzene rings is 2. The van der Waals surface area contributed by atoms with Crippen LogP contribution in [0.4, 0.5) is 11.4 Å². The summed E-state index contributed by atoms with van der Waals surface area (Å²) >= 11 is 11.9. The molecule has 12 heteroatoms. The minimum Gasteiger partial charge on any atom is -0.379 e. The van der Waals surface area contributed by atoms with Gasteiger partial charge in [0.15, 0.2) is 0 Å². The highest BCUT2D eigenvalue weighted by Gasteiger charge is 2.30.